The predicted octanol–water partition coefficient (Wildman–Crippen LogP) is 3.02. The van der Waals surface area contributed by atoms with Gasteiger partial charge in [-0.2, -0.15) is 0 Å². The van der Waals surface area contributed by atoms with E-state index in [1.54, 1.807) is 22.7 Å². The molecule has 0 aromatic carbocycles. The molecule has 2 nitrogen and oxygen atoms in total. The third kappa shape index (κ3) is 1.60. The average molecular weight is 228 g/mol. The first-order valence-electron chi connectivity index (χ1n) is 3.60. The molecule has 0 fully saturated rings. The van der Waals surface area contributed by atoms with E-state index in [0.29, 0.717) is 0 Å². The summed E-state index contributed by atoms with van der Waals surface area (Å²) < 4.78 is 0. The van der Waals surface area contributed by atoms with Crippen LogP contribution in [0.1, 0.15) is 0 Å². The molecule has 2 heterocycles. The summed E-state index contributed by atoms with van der Waals surface area (Å²) in [6.45, 7) is 0. The Bertz CT molecular complexity index is 405. The standard InChI is InChI=1S/C8H8N2S3/c9-5-1-3-11-7(5)8-6(13-10)2-4-12-8/h1-4H,9-10H2. The van der Waals surface area contributed by atoms with Gasteiger partial charge >= 0.3 is 0 Å². The predicted molar refractivity (Wildman–Crippen MR) is 62.1 cm³/mol. The summed E-state index contributed by atoms with van der Waals surface area (Å²) in [5.74, 6) is 0. The van der Waals surface area contributed by atoms with Gasteiger partial charge in [0.15, 0.2) is 0 Å². The largest absolute Gasteiger partial charge is 0.398 e. The lowest BCUT2D eigenvalue weighted by molar-refractivity contribution is 1.58. The van der Waals surface area contributed by atoms with Crippen molar-refractivity contribution in [3.63, 3.8) is 0 Å². The molecule has 5 heteroatoms. The van der Waals surface area contributed by atoms with Crippen molar-refractivity contribution in [2.75, 3.05) is 5.73 Å². The Morgan fingerprint density at radius 3 is 2.38 bits per heavy atom. The van der Waals surface area contributed by atoms with E-state index >= 15 is 0 Å². The fourth-order valence-electron chi connectivity index (χ4n) is 1.06. The van der Waals surface area contributed by atoms with E-state index in [1.807, 2.05) is 22.9 Å². The number of hydrogen-bond acceptors (Lipinski definition) is 5. The average Bonchev–Trinajstić information content (AvgIpc) is 2.71. The molecule has 0 bridgehead atoms. The molecular formula is C8H8N2S3. The van der Waals surface area contributed by atoms with E-state index in [0.717, 1.165) is 15.5 Å². The maximum Gasteiger partial charge on any atom is 0.0683 e. The second kappa shape index (κ2) is 3.71. The first kappa shape index (κ1) is 9.08. The van der Waals surface area contributed by atoms with E-state index in [2.05, 4.69) is 0 Å². The van der Waals surface area contributed by atoms with Gasteiger partial charge in [-0.25, -0.2) is 0 Å². The molecule has 4 N–H and O–H groups in total. The summed E-state index contributed by atoms with van der Waals surface area (Å²) in [7, 11) is 0. The Morgan fingerprint density at radius 2 is 1.77 bits per heavy atom. The second-order valence-electron chi connectivity index (χ2n) is 2.44. The molecule has 0 radical (unpaired) electrons. The van der Waals surface area contributed by atoms with Crippen molar-refractivity contribution in [3.8, 4) is 9.75 Å². The van der Waals surface area contributed by atoms with Crippen molar-refractivity contribution >= 4 is 40.3 Å². The van der Waals surface area contributed by atoms with Crippen LogP contribution < -0.4 is 10.9 Å². The Labute approximate surface area is 88.7 Å². The number of nitrogens with two attached hydrogens (primary N) is 2. The van der Waals surface area contributed by atoms with E-state index in [4.69, 9.17) is 10.9 Å². The van der Waals surface area contributed by atoms with Gasteiger partial charge in [-0.05, 0) is 34.8 Å². The minimum Gasteiger partial charge on any atom is -0.398 e. The van der Waals surface area contributed by atoms with Crippen molar-refractivity contribution in [1.82, 2.24) is 0 Å². The molecule has 0 amide bonds. The van der Waals surface area contributed by atoms with Crippen LogP contribution in [0.25, 0.3) is 9.75 Å². The number of rotatable bonds is 2. The third-order valence-corrected chi connectivity index (χ3v) is 4.39. The molecule has 0 saturated carbocycles. The van der Waals surface area contributed by atoms with Crippen molar-refractivity contribution < 1.29 is 0 Å². The van der Waals surface area contributed by atoms with Gasteiger partial charge in [-0.1, -0.05) is 0 Å². The van der Waals surface area contributed by atoms with Crippen LogP contribution in [0.2, 0.25) is 0 Å². The lowest BCUT2D eigenvalue weighted by atomic mass is 10.3. The van der Waals surface area contributed by atoms with Crippen molar-refractivity contribution in [2.24, 2.45) is 5.14 Å². The summed E-state index contributed by atoms with van der Waals surface area (Å²) in [4.78, 5) is 3.40. The molecule has 0 aliphatic heterocycles. The Morgan fingerprint density at radius 1 is 1.08 bits per heavy atom. The maximum atomic E-state index is 5.82. The van der Waals surface area contributed by atoms with Crippen LogP contribution >= 0.6 is 34.6 Å². The van der Waals surface area contributed by atoms with Crippen LogP contribution in [0.4, 0.5) is 5.69 Å². The SMILES string of the molecule is NSc1ccsc1-c1sccc1N. The van der Waals surface area contributed by atoms with E-state index < -0.39 is 0 Å². The molecule has 0 spiro atoms. The highest BCUT2D eigenvalue weighted by atomic mass is 32.2. The quantitative estimate of drug-likeness (QED) is 0.777. The Kier molecular flexibility index (Phi) is 2.59. The minimum absolute atomic E-state index is 0.836. The lowest BCUT2D eigenvalue weighted by Gasteiger charge is -1.98. The first-order valence-corrected chi connectivity index (χ1v) is 6.24. The van der Waals surface area contributed by atoms with Crippen molar-refractivity contribution in [3.05, 3.63) is 22.9 Å². The van der Waals surface area contributed by atoms with Crippen molar-refractivity contribution in [1.29, 1.82) is 0 Å². The highest BCUT2D eigenvalue weighted by Crippen LogP contribution is 2.40. The van der Waals surface area contributed by atoms with Gasteiger partial charge in [-0.3, -0.25) is 5.14 Å². The molecule has 0 aliphatic carbocycles. The lowest BCUT2D eigenvalue weighted by Crippen LogP contribution is -1.84. The van der Waals surface area contributed by atoms with Gasteiger partial charge in [0.1, 0.15) is 0 Å². The summed E-state index contributed by atoms with van der Waals surface area (Å²) in [6.07, 6.45) is 0. The maximum absolute atomic E-state index is 5.82. The number of hydrogen-bond donors (Lipinski definition) is 2. The van der Waals surface area contributed by atoms with Crippen LogP contribution in [0, 0.1) is 0 Å². The molecular weight excluding hydrogens is 220 g/mol. The van der Waals surface area contributed by atoms with Gasteiger partial charge in [0.05, 0.1) is 15.4 Å². The highest BCUT2D eigenvalue weighted by Gasteiger charge is 2.10. The van der Waals surface area contributed by atoms with E-state index in [-0.39, 0.29) is 0 Å². The zero-order valence-electron chi connectivity index (χ0n) is 6.69. The number of nitrogen functional groups attached to an aromatic ring is 1. The van der Waals surface area contributed by atoms with E-state index in [1.165, 1.54) is 16.8 Å². The summed E-state index contributed by atoms with van der Waals surface area (Å²) in [6, 6.07) is 3.94. The number of anilines is 1. The summed E-state index contributed by atoms with van der Waals surface area (Å²) in [5, 5.41) is 9.57. The molecule has 0 saturated heterocycles. The normalized spacial score (nSPS) is 10.5. The molecule has 13 heavy (non-hydrogen) atoms. The number of thiophene rings is 2. The fourth-order valence-corrected chi connectivity index (χ4v) is 3.66. The van der Waals surface area contributed by atoms with Gasteiger partial charge < -0.3 is 5.73 Å². The van der Waals surface area contributed by atoms with Crippen LogP contribution in [0.15, 0.2) is 27.8 Å². The summed E-state index contributed by atoms with van der Waals surface area (Å²) >= 11 is 4.60. The molecule has 0 unspecified atom stereocenters. The Hall–Kier alpha value is -0.490. The minimum atomic E-state index is 0.836. The first-order chi connectivity index (χ1) is 6.33. The molecule has 0 atom stereocenters. The molecule has 2 aromatic heterocycles. The van der Waals surface area contributed by atoms with E-state index in [9.17, 15) is 0 Å². The second-order valence-corrected chi connectivity index (χ2v) is 4.94. The molecule has 68 valence electrons. The highest BCUT2D eigenvalue weighted by molar-refractivity contribution is 7.97. The van der Waals surface area contributed by atoms with Crippen LogP contribution in [-0.2, 0) is 0 Å². The molecule has 2 aromatic rings. The van der Waals surface area contributed by atoms with Crippen molar-refractivity contribution in [2.45, 2.75) is 4.90 Å². The zero-order valence-corrected chi connectivity index (χ0v) is 9.14. The van der Waals surface area contributed by atoms with Gasteiger partial charge in [0.2, 0.25) is 0 Å². The summed E-state index contributed by atoms with van der Waals surface area (Å²) in [5.41, 5.74) is 6.66. The Balaban J connectivity index is 2.52. The van der Waals surface area contributed by atoms with Gasteiger partial charge in [0.25, 0.3) is 0 Å². The topological polar surface area (TPSA) is 52.0 Å². The van der Waals surface area contributed by atoms with Crippen LogP contribution in [0.5, 0.6) is 0 Å². The van der Waals surface area contributed by atoms with Gasteiger partial charge in [-0.15, -0.1) is 22.7 Å². The fraction of sp³-hybridized carbons (Fsp3) is 0. The van der Waals surface area contributed by atoms with Gasteiger partial charge in [0, 0.05) is 4.90 Å². The van der Waals surface area contributed by atoms with Crippen LogP contribution in [0.3, 0.4) is 0 Å². The van der Waals surface area contributed by atoms with Crippen LogP contribution in [-0.4, -0.2) is 0 Å². The smallest absolute Gasteiger partial charge is 0.0683 e. The molecule has 2 rings (SSSR count). The zero-order chi connectivity index (χ0) is 9.26. The third-order valence-electron chi connectivity index (χ3n) is 1.66. The molecule has 0 aliphatic rings. The monoisotopic (exact) mass is 228 g/mol.